The number of H-pyrrole nitrogens is 1. The molecule has 1 aromatic heterocycles. The number of alkyl halides is 6. The molecule has 0 aliphatic heterocycles. The summed E-state index contributed by atoms with van der Waals surface area (Å²) in [6.45, 7) is -2.52. The van der Waals surface area contributed by atoms with Crippen LogP contribution in [-0.2, 0) is 20.4 Å². The Morgan fingerprint density at radius 3 is 2.32 bits per heavy atom. The van der Waals surface area contributed by atoms with Gasteiger partial charge in [-0.25, -0.2) is 18.5 Å². The van der Waals surface area contributed by atoms with Gasteiger partial charge in [0, 0.05) is 12.1 Å². The van der Waals surface area contributed by atoms with Crippen molar-refractivity contribution < 1.29 is 49.7 Å². The van der Waals surface area contributed by atoms with Crippen LogP contribution in [0.15, 0.2) is 39.6 Å². The Hall–Kier alpha value is -3.49. The van der Waals surface area contributed by atoms with Crippen LogP contribution in [0, 0.1) is 5.82 Å². The molecule has 0 saturated carbocycles. The number of hydrogen-bond donors (Lipinski definition) is 1. The van der Waals surface area contributed by atoms with E-state index in [-0.39, 0.29) is 16.4 Å². The molecule has 16 heteroatoms. The third-order valence-electron chi connectivity index (χ3n) is 3.77. The lowest BCUT2D eigenvalue weighted by Crippen LogP contribution is -2.36. The van der Waals surface area contributed by atoms with Crippen molar-refractivity contribution >= 4 is 17.6 Å². The number of ether oxygens (including phenoxy) is 3. The zero-order valence-corrected chi connectivity index (χ0v) is 17.4. The molecular weight excluding hydrogens is 509 g/mol. The molecule has 34 heavy (non-hydrogen) atoms. The smallest absolute Gasteiger partial charge is 0.431 e. The van der Waals surface area contributed by atoms with Crippen LogP contribution in [-0.4, -0.2) is 42.0 Å². The number of carbonyl (C=O) groups excluding carboxylic acids is 1. The van der Waals surface area contributed by atoms with Gasteiger partial charge in [0.25, 0.3) is 5.56 Å². The highest BCUT2D eigenvalue weighted by molar-refractivity contribution is 6.32. The first-order valence-electron chi connectivity index (χ1n) is 8.66. The molecule has 186 valence electrons. The van der Waals surface area contributed by atoms with Crippen molar-refractivity contribution in [3.63, 3.8) is 0 Å². The summed E-state index contributed by atoms with van der Waals surface area (Å²) in [6.07, 6.45) is -9.29. The normalized spacial score (nSPS) is 12.4. The predicted octanol–water partition coefficient (Wildman–Crippen LogP) is 3.35. The molecule has 0 atom stereocenters. The number of benzene rings is 1. The molecule has 0 saturated heterocycles. The summed E-state index contributed by atoms with van der Waals surface area (Å²) in [4.78, 5) is 36.9. The molecule has 0 fully saturated rings. The highest BCUT2D eigenvalue weighted by Crippen LogP contribution is 2.30. The topological polar surface area (TPSA) is 99.6 Å². The monoisotopic (exact) mass is 520 g/mol. The summed E-state index contributed by atoms with van der Waals surface area (Å²) >= 11 is 5.82. The van der Waals surface area contributed by atoms with Crippen molar-refractivity contribution in [3.8, 4) is 11.4 Å². The molecule has 1 N–H and O–H groups in total. The standard InChI is InChI=1S/C18H12ClF7N2O6/c1-32-8(2-15(30)34-7-17(21,22)23)6-33-12-4-11(10(20)3-9(12)19)28-14(29)5-13(18(24,25)26)27-16(28)31/h2-5H,6-7H2,1H3,(H,27,31)/b8-2+. The molecule has 0 bridgehead atoms. The van der Waals surface area contributed by atoms with E-state index in [2.05, 4.69) is 4.74 Å². The Kier molecular flexibility index (Phi) is 8.02. The lowest BCUT2D eigenvalue weighted by atomic mass is 10.2. The first-order chi connectivity index (χ1) is 15.6. The molecule has 0 aliphatic carbocycles. The Bertz CT molecular complexity index is 1190. The maximum atomic E-state index is 14.4. The van der Waals surface area contributed by atoms with Gasteiger partial charge in [-0.05, 0) is 6.07 Å². The van der Waals surface area contributed by atoms with Crippen LogP contribution in [0.5, 0.6) is 5.75 Å². The highest BCUT2D eigenvalue weighted by atomic mass is 35.5. The van der Waals surface area contributed by atoms with Gasteiger partial charge >= 0.3 is 24.0 Å². The van der Waals surface area contributed by atoms with Crippen LogP contribution >= 0.6 is 11.6 Å². The summed E-state index contributed by atoms with van der Waals surface area (Å²) in [7, 11) is 1.03. The molecule has 0 unspecified atom stereocenters. The van der Waals surface area contributed by atoms with E-state index in [1.54, 1.807) is 0 Å². The third kappa shape index (κ3) is 7.00. The van der Waals surface area contributed by atoms with Gasteiger partial charge in [-0.2, -0.15) is 26.3 Å². The average Bonchev–Trinajstić information content (AvgIpc) is 2.70. The summed E-state index contributed by atoms with van der Waals surface area (Å²) in [6, 6.07) is 1.33. The number of methoxy groups -OCH3 is 1. The van der Waals surface area contributed by atoms with E-state index in [4.69, 9.17) is 21.1 Å². The van der Waals surface area contributed by atoms with Gasteiger partial charge in [0.2, 0.25) is 0 Å². The predicted molar refractivity (Wildman–Crippen MR) is 100 cm³/mol. The minimum Gasteiger partial charge on any atom is -0.497 e. The van der Waals surface area contributed by atoms with Crippen LogP contribution in [0.4, 0.5) is 30.7 Å². The second-order valence-corrected chi connectivity index (χ2v) is 6.63. The maximum Gasteiger partial charge on any atom is 0.431 e. The fourth-order valence-corrected chi connectivity index (χ4v) is 2.52. The van der Waals surface area contributed by atoms with Crippen molar-refractivity contribution in [1.82, 2.24) is 9.55 Å². The molecule has 0 spiro atoms. The van der Waals surface area contributed by atoms with Crippen LogP contribution < -0.4 is 16.0 Å². The van der Waals surface area contributed by atoms with Crippen molar-refractivity contribution in [2.75, 3.05) is 20.3 Å². The van der Waals surface area contributed by atoms with Gasteiger partial charge in [0.1, 0.15) is 29.6 Å². The van der Waals surface area contributed by atoms with E-state index >= 15 is 0 Å². The zero-order valence-electron chi connectivity index (χ0n) is 16.6. The number of hydrogen-bond acceptors (Lipinski definition) is 6. The zero-order chi connectivity index (χ0) is 25.8. The minimum atomic E-state index is -5.05. The van der Waals surface area contributed by atoms with Gasteiger partial charge in [0.05, 0.1) is 23.9 Å². The van der Waals surface area contributed by atoms with Gasteiger partial charge in [-0.15, -0.1) is 0 Å². The lowest BCUT2D eigenvalue weighted by molar-refractivity contribution is -0.182. The number of aromatic nitrogens is 2. The largest absolute Gasteiger partial charge is 0.497 e. The van der Waals surface area contributed by atoms with Crippen LogP contribution in [0.2, 0.25) is 5.02 Å². The van der Waals surface area contributed by atoms with E-state index < -0.39 is 70.8 Å². The Morgan fingerprint density at radius 1 is 1.15 bits per heavy atom. The number of nitrogens with one attached hydrogen (secondary N) is 1. The average molecular weight is 521 g/mol. The first-order valence-corrected chi connectivity index (χ1v) is 9.04. The first kappa shape index (κ1) is 26.8. The van der Waals surface area contributed by atoms with Crippen LogP contribution in [0.3, 0.4) is 0 Å². The quantitative estimate of drug-likeness (QED) is 0.260. The lowest BCUT2D eigenvalue weighted by Gasteiger charge is -2.14. The van der Waals surface area contributed by atoms with Crippen molar-refractivity contribution in [2.24, 2.45) is 0 Å². The van der Waals surface area contributed by atoms with Crippen molar-refractivity contribution in [1.29, 1.82) is 0 Å². The van der Waals surface area contributed by atoms with E-state index in [1.165, 1.54) is 4.98 Å². The number of nitrogens with zero attached hydrogens (tertiary/aromatic N) is 1. The number of rotatable bonds is 7. The van der Waals surface area contributed by atoms with E-state index in [0.717, 1.165) is 7.11 Å². The number of esters is 1. The number of carbonyl (C=O) groups is 1. The molecule has 0 radical (unpaired) electrons. The fourth-order valence-electron chi connectivity index (χ4n) is 2.31. The molecule has 1 heterocycles. The van der Waals surface area contributed by atoms with Crippen molar-refractivity contribution in [2.45, 2.75) is 12.4 Å². The summed E-state index contributed by atoms with van der Waals surface area (Å²) in [5, 5.41) is -0.423. The Morgan fingerprint density at radius 2 is 1.79 bits per heavy atom. The molecular formula is C18H12ClF7N2O6. The SMILES string of the molecule is CO/C(=C/C(=O)OCC(F)(F)F)COc1cc(-n2c(=O)cc(C(F)(F)F)[nH]c2=O)c(F)cc1Cl. The van der Waals surface area contributed by atoms with Gasteiger partial charge < -0.3 is 19.2 Å². The molecule has 2 rings (SSSR count). The second kappa shape index (κ2) is 10.2. The summed E-state index contributed by atoms with van der Waals surface area (Å²) in [5.41, 5.74) is -5.62. The minimum absolute atomic E-state index is 0.0360. The van der Waals surface area contributed by atoms with E-state index in [0.29, 0.717) is 18.2 Å². The Labute approximate surface area is 189 Å². The summed E-state index contributed by atoms with van der Waals surface area (Å²) in [5.74, 6) is -3.48. The molecule has 1 aromatic carbocycles. The molecule has 0 aliphatic rings. The molecule has 0 amide bonds. The highest BCUT2D eigenvalue weighted by Gasteiger charge is 2.33. The second-order valence-electron chi connectivity index (χ2n) is 6.22. The third-order valence-corrected chi connectivity index (χ3v) is 4.06. The number of aromatic amines is 1. The van der Waals surface area contributed by atoms with Crippen molar-refractivity contribution in [3.05, 3.63) is 67.4 Å². The van der Waals surface area contributed by atoms with Crippen LogP contribution in [0.1, 0.15) is 5.69 Å². The fraction of sp³-hybridized carbons (Fsp3) is 0.278. The maximum absolute atomic E-state index is 14.4. The van der Waals surface area contributed by atoms with Gasteiger partial charge in [-0.1, -0.05) is 11.6 Å². The van der Waals surface area contributed by atoms with Crippen LogP contribution in [0.25, 0.3) is 5.69 Å². The molecule has 2 aromatic rings. The van der Waals surface area contributed by atoms with Gasteiger partial charge in [-0.3, -0.25) is 4.79 Å². The summed E-state index contributed by atoms with van der Waals surface area (Å²) < 4.78 is 103. The van der Waals surface area contributed by atoms with Gasteiger partial charge in [0.15, 0.2) is 6.61 Å². The number of halogens is 8. The van der Waals surface area contributed by atoms with E-state index in [1.807, 2.05) is 0 Å². The molecule has 8 nitrogen and oxygen atoms in total. The Balaban J connectivity index is 2.34. The van der Waals surface area contributed by atoms with E-state index in [9.17, 15) is 45.1 Å².